The number of hydrogen-bond donors (Lipinski definition) is 3. The highest BCUT2D eigenvalue weighted by atomic mass is 16.6. The van der Waals surface area contributed by atoms with Gasteiger partial charge in [-0.15, -0.1) is 0 Å². The molecule has 2 unspecified atom stereocenters. The van der Waals surface area contributed by atoms with E-state index in [1.54, 1.807) is 6.07 Å². The number of hydrogen-bond acceptors (Lipinski definition) is 6. The van der Waals surface area contributed by atoms with Crippen molar-refractivity contribution >= 4 is 11.7 Å². The molecule has 8 heteroatoms. The number of nitriles is 1. The highest BCUT2D eigenvalue weighted by molar-refractivity contribution is 5.92. The molecule has 0 radical (unpaired) electrons. The second kappa shape index (κ2) is 5.90. The predicted octanol–water partition coefficient (Wildman–Crippen LogP) is 0.601. The summed E-state index contributed by atoms with van der Waals surface area (Å²) in [6, 6.07) is 4.63. The van der Waals surface area contributed by atoms with Crippen LogP contribution in [0.15, 0.2) is 18.2 Å². The van der Waals surface area contributed by atoms with Crippen molar-refractivity contribution < 1.29 is 25.0 Å². The van der Waals surface area contributed by atoms with E-state index in [1.807, 2.05) is 0 Å². The lowest BCUT2D eigenvalue weighted by Crippen LogP contribution is -2.18. The van der Waals surface area contributed by atoms with Crippen LogP contribution in [0.25, 0.3) is 0 Å². The van der Waals surface area contributed by atoms with Crippen LogP contribution in [0, 0.1) is 21.4 Å². The molecule has 3 N–H and O–H groups in total. The molecular formula is C11H10N2O6. The molecule has 0 spiro atoms. The molecule has 0 fully saturated rings. The number of benzene rings is 1. The van der Waals surface area contributed by atoms with Gasteiger partial charge in [0, 0.05) is 6.07 Å². The van der Waals surface area contributed by atoms with Crippen molar-refractivity contribution in [3.05, 3.63) is 39.4 Å². The van der Waals surface area contributed by atoms with Gasteiger partial charge in [0.2, 0.25) is 0 Å². The molecule has 0 aliphatic heterocycles. The van der Waals surface area contributed by atoms with Gasteiger partial charge in [0.15, 0.2) is 0 Å². The molecule has 0 aliphatic rings. The number of nitro groups is 1. The van der Waals surface area contributed by atoms with Crippen molar-refractivity contribution in [2.45, 2.75) is 18.6 Å². The van der Waals surface area contributed by atoms with Crippen LogP contribution in [-0.4, -0.2) is 32.3 Å². The van der Waals surface area contributed by atoms with Crippen LogP contribution in [-0.2, 0) is 0 Å². The van der Waals surface area contributed by atoms with Gasteiger partial charge in [0.1, 0.15) is 11.7 Å². The third kappa shape index (κ3) is 3.25. The van der Waals surface area contributed by atoms with Gasteiger partial charge < -0.3 is 15.3 Å². The first kappa shape index (κ1) is 14.6. The smallest absolute Gasteiger partial charge is 0.342 e. The summed E-state index contributed by atoms with van der Waals surface area (Å²) in [7, 11) is 0. The third-order valence-electron chi connectivity index (χ3n) is 2.45. The maximum atomic E-state index is 10.9. The molecule has 1 rings (SSSR count). The summed E-state index contributed by atoms with van der Waals surface area (Å²) < 4.78 is 0. The summed E-state index contributed by atoms with van der Waals surface area (Å²) in [5.41, 5.74) is -1.21. The summed E-state index contributed by atoms with van der Waals surface area (Å²) in [5.74, 6) is -1.52. The van der Waals surface area contributed by atoms with Crippen LogP contribution < -0.4 is 0 Å². The standard InChI is InChI=1S/C11H10N2O6/c12-4-3-9(14)10(15)6-1-2-8(13(18)19)7(5-6)11(16)17/h1-2,5,9-10,14-15H,3H2,(H,16,17). The van der Waals surface area contributed by atoms with Gasteiger partial charge in [-0.1, -0.05) is 0 Å². The Bertz CT molecular complexity index is 551. The van der Waals surface area contributed by atoms with Gasteiger partial charge in [0.05, 0.1) is 23.5 Å². The Kier molecular flexibility index (Phi) is 4.52. The lowest BCUT2D eigenvalue weighted by molar-refractivity contribution is -0.385. The van der Waals surface area contributed by atoms with E-state index >= 15 is 0 Å². The summed E-state index contributed by atoms with van der Waals surface area (Å²) in [4.78, 5) is 20.7. The molecule has 0 saturated carbocycles. The average Bonchev–Trinajstić information content (AvgIpc) is 2.37. The van der Waals surface area contributed by atoms with Crippen LogP contribution in [0.5, 0.6) is 0 Å². The summed E-state index contributed by atoms with van der Waals surface area (Å²) in [6.45, 7) is 0. The van der Waals surface area contributed by atoms with Crippen LogP contribution in [0.3, 0.4) is 0 Å². The topological polar surface area (TPSA) is 145 Å². The number of nitro benzene ring substituents is 1. The number of carboxylic acids is 1. The molecule has 8 nitrogen and oxygen atoms in total. The van der Waals surface area contributed by atoms with E-state index in [4.69, 9.17) is 10.4 Å². The fourth-order valence-corrected chi connectivity index (χ4v) is 1.50. The first-order valence-corrected chi connectivity index (χ1v) is 5.13. The minimum absolute atomic E-state index is 0.00856. The quantitative estimate of drug-likeness (QED) is 0.522. The Morgan fingerprint density at radius 3 is 2.58 bits per heavy atom. The number of rotatable bonds is 5. The number of aliphatic hydroxyl groups excluding tert-OH is 2. The Balaban J connectivity index is 3.19. The molecular weight excluding hydrogens is 256 g/mol. The van der Waals surface area contributed by atoms with Crippen molar-refractivity contribution in [1.29, 1.82) is 5.26 Å². The summed E-state index contributed by atoms with van der Waals surface area (Å²) in [6.07, 6.45) is -3.23. The van der Waals surface area contributed by atoms with E-state index in [9.17, 15) is 25.1 Å². The zero-order valence-electron chi connectivity index (χ0n) is 9.55. The van der Waals surface area contributed by atoms with Gasteiger partial charge in [-0.2, -0.15) is 5.26 Å². The highest BCUT2D eigenvalue weighted by Crippen LogP contribution is 2.25. The second-order valence-corrected chi connectivity index (χ2v) is 3.71. The molecule has 100 valence electrons. The molecule has 2 atom stereocenters. The molecule has 0 heterocycles. The van der Waals surface area contributed by atoms with Crippen LogP contribution in [0.4, 0.5) is 5.69 Å². The molecule has 0 amide bonds. The molecule has 1 aromatic carbocycles. The van der Waals surface area contributed by atoms with Gasteiger partial charge in [-0.3, -0.25) is 10.1 Å². The van der Waals surface area contributed by atoms with E-state index in [0.717, 1.165) is 18.2 Å². The fourth-order valence-electron chi connectivity index (χ4n) is 1.50. The Labute approximate surface area is 107 Å². The van der Waals surface area contributed by atoms with Crippen LogP contribution in [0.1, 0.15) is 28.4 Å². The van der Waals surface area contributed by atoms with E-state index in [0.29, 0.717) is 0 Å². The highest BCUT2D eigenvalue weighted by Gasteiger charge is 2.24. The molecule has 0 saturated heterocycles. The predicted molar refractivity (Wildman–Crippen MR) is 61.3 cm³/mol. The normalized spacial score (nSPS) is 13.3. The van der Waals surface area contributed by atoms with Crippen molar-refractivity contribution in [2.75, 3.05) is 0 Å². The SMILES string of the molecule is N#CCC(O)C(O)c1ccc([N+](=O)[O-])c(C(=O)O)c1. The third-order valence-corrected chi connectivity index (χ3v) is 2.45. The molecule has 19 heavy (non-hydrogen) atoms. The van der Waals surface area contributed by atoms with E-state index in [-0.39, 0.29) is 12.0 Å². The van der Waals surface area contributed by atoms with Crippen LogP contribution in [0.2, 0.25) is 0 Å². The maximum Gasteiger partial charge on any atom is 0.342 e. The van der Waals surface area contributed by atoms with Gasteiger partial charge in [-0.25, -0.2) is 4.79 Å². The maximum absolute atomic E-state index is 10.9. The zero-order chi connectivity index (χ0) is 14.6. The van der Waals surface area contributed by atoms with Crippen LogP contribution >= 0.6 is 0 Å². The Hall–Kier alpha value is -2.50. The molecule has 1 aromatic rings. The first-order valence-electron chi connectivity index (χ1n) is 5.13. The summed E-state index contributed by atoms with van der Waals surface area (Å²) >= 11 is 0. The number of aliphatic hydroxyl groups is 2. The number of nitrogens with zero attached hydrogens (tertiary/aromatic N) is 2. The minimum atomic E-state index is -1.52. The van der Waals surface area contributed by atoms with Crippen molar-refractivity contribution in [3.8, 4) is 6.07 Å². The van der Waals surface area contributed by atoms with E-state index in [2.05, 4.69) is 0 Å². The number of carbonyl (C=O) groups is 1. The second-order valence-electron chi connectivity index (χ2n) is 3.71. The number of carboxylic acid groups (broad SMARTS) is 1. The Morgan fingerprint density at radius 1 is 1.47 bits per heavy atom. The summed E-state index contributed by atoms with van der Waals surface area (Å²) in [5, 5.41) is 47.0. The van der Waals surface area contributed by atoms with Crippen molar-refractivity contribution in [3.63, 3.8) is 0 Å². The molecule has 0 aromatic heterocycles. The zero-order valence-corrected chi connectivity index (χ0v) is 9.55. The van der Waals surface area contributed by atoms with E-state index in [1.165, 1.54) is 0 Å². The first-order chi connectivity index (χ1) is 8.88. The van der Waals surface area contributed by atoms with Gasteiger partial charge >= 0.3 is 5.97 Å². The Morgan fingerprint density at radius 2 is 2.11 bits per heavy atom. The molecule has 0 aliphatic carbocycles. The minimum Gasteiger partial charge on any atom is -0.477 e. The fraction of sp³-hybridized carbons (Fsp3) is 0.273. The lowest BCUT2D eigenvalue weighted by Gasteiger charge is -2.15. The van der Waals surface area contributed by atoms with Gasteiger partial charge in [0.25, 0.3) is 5.69 Å². The number of aromatic carboxylic acids is 1. The van der Waals surface area contributed by atoms with Gasteiger partial charge in [-0.05, 0) is 17.7 Å². The molecule has 0 bridgehead atoms. The van der Waals surface area contributed by atoms with Crippen molar-refractivity contribution in [2.24, 2.45) is 0 Å². The largest absolute Gasteiger partial charge is 0.477 e. The van der Waals surface area contributed by atoms with Crippen molar-refractivity contribution in [1.82, 2.24) is 0 Å². The lowest BCUT2D eigenvalue weighted by atomic mass is 9.99. The average molecular weight is 266 g/mol. The monoisotopic (exact) mass is 266 g/mol. The van der Waals surface area contributed by atoms with E-state index < -0.39 is 34.4 Å².